The van der Waals surface area contributed by atoms with Crippen molar-refractivity contribution in [2.45, 2.75) is 31.0 Å². The highest BCUT2D eigenvalue weighted by molar-refractivity contribution is 7.80. The molecule has 0 aliphatic heterocycles. The molecule has 10 N–H and O–H groups in total. The van der Waals surface area contributed by atoms with Gasteiger partial charge in [0.2, 0.25) is 17.7 Å². The topological polar surface area (TPSA) is 251 Å². The van der Waals surface area contributed by atoms with Crippen molar-refractivity contribution in [3.8, 4) is 0 Å². The predicted octanol–water partition coefficient (Wildman–Crippen LogP) is -3.76. The van der Waals surface area contributed by atoms with Crippen molar-refractivity contribution < 1.29 is 44.1 Å². The molecule has 3 amide bonds. The second-order valence-corrected chi connectivity index (χ2v) is 6.53. The Morgan fingerprint density at radius 1 is 0.774 bits per heavy atom. The summed E-state index contributed by atoms with van der Waals surface area (Å²) < 4.78 is 0. The van der Waals surface area contributed by atoms with Crippen LogP contribution in [0, 0.1) is 0 Å². The summed E-state index contributed by atoms with van der Waals surface area (Å²) in [6, 6.07) is -2.89. The summed E-state index contributed by atoms with van der Waals surface area (Å²) in [5.74, 6) is -5.09. The summed E-state index contributed by atoms with van der Waals surface area (Å²) in [6.07, 6.45) is -0.235. The molecular weight excluding hydrogens is 458 g/mol. The lowest BCUT2D eigenvalue weighted by Crippen LogP contribution is -2.49. The van der Waals surface area contributed by atoms with Crippen LogP contribution in [0.4, 0.5) is 0 Å². The van der Waals surface area contributed by atoms with Gasteiger partial charge in [-0.05, 0) is 6.42 Å². The van der Waals surface area contributed by atoms with Gasteiger partial charge < -0.3 is 42.7 Å². The second-order valence-electron chi connectivity index (χ2n) is 5.80. The van der Waals surface area contributed by atoms with Crippen molar-refractivity contribution in [1.29, 1.82) is 0 Å². The Morgan fingerprint density at radius 3 is 1.65 bits per heavy atom. The Hall–Kier alpha value is -2.56. The highest BCUT2D eigenvalue weighted by atomic mass is 32.1. The molecule has 0 saturated heterocycles. The molecule has 0 unspecified atom stereocenters. The number of rotatable bonds is 13. The van der Waals surface area contributed by atoms with Gasteiger partial charge >= 0.3 is 17.9 Å². The maximum Gasteiger partial charge on any atom is 0.322 e. The first-order chi connectivity index (χ1) is 14.3. The molecule has 0 spiro atoms. The normalized spacial score (nSPS) is 12.8. The maximum atomic E-state index is 11.5. The van der Waals surface area contributed by atoms with Crippen LogP contribution in [0.3, 0.4) is 0 Å². The van der Waals surface area contributed by atoms with Crippen molar-refractivity contribution >= 4 is 60.9 Å². The molecule has 0 saturated carbocycles. The molecule has 178 valence electrons. The Labute approximate surface area is 188 Å². The monoisotopic (exact) mass is 485 g/mol. The SMILES string of the molecule is N[C@@H](CCC(=O)N[C@@H](CS)C(=O)NCC(=O)O)C(=O)O.N[C@@H](CS)C(=O)NCC(=O)O. The molecule has 0 fully saturated rings. The fourth-order valence-electron chi connectivity index (χ4n) is 1.53. The highest BCUT2D eigenvalue weighted by Gasteiger charge is 2.21. The molecule has 0 aromatic rings. The van der Waals surface area contributed by atoms with Gasteiger partial charge in [0, 0.05) is 17.9 Å². The number of carbonyl (C=O) groups excluding carboxylic acids is 3. The average Bonchev–Trinajstić information content (AvgIpc) is 2.71. The number of carbonyl (C=O) groups is 6. The van der Waals surface area contributed by atoms with Crippen LogP contribution in [-0.4, -0.2) is 93.7 Å². The van der Waals surface area contributed by atoms with Crippen LogP contribution in [0.2, 0.25) is 0 Å². The lowest BCUT2D eigenvalue weighted by atomic mass is 10.1. The smallest absolute Gasteiger partial charge is 0.322 e. The van der Waals surface area contributed by atoms with Crippen LogP contribution >= 0.6 is 25.3 Å². The van der Waals surface area contributed by atoms with Crippen LogP contribution in [0.1, 0.15) is 12.8 Å². The van der Waals surface area contributed by atoms with E-state index in [4.69, 9.17) is 26.8 Å². The average molecular weight is 486 g/mol. The number of hydrogen-bond acceptors (Lipinski definition) is 10. The van der Waals surface area contributed by atoms with Gasteiger partial charge in [-0.15, -0.1) is 0 Å². The lowest BCUT2D eigenvalue weighted by molar-refractivity contribution is -0.139. The third-order valence-electron chi connectivity index (χ3n) is 3.20. The fourth-order valence-corrected chi connectivity index (χ4v) is 1.96. The molecule has 0 heterocycles. The standard InChI is InChI=1S/C10H17N3O6S.C5H10N2O3S/c11-5(10(18)19)1-2-7(14)13-6(4-20)9(17)12-3-8(15)16;6-3(2-11)5(10)7-1-4(8)9/h5-6,20H,1-4,11H2,(H,12,17)(H,13,14)(H,15,16)(H,18,19);3,11H,1-2,6H2,(H,7,10)(H,8,9)/t5-,6-;3-/m00/s1. The zero-order chi connectivity index (χ0) is 24.6. The lowest BCUT2D eigenvalue weighted by Gasteiger charge is -2.16. The highest BCUT2D eigenvalue weighted by Crippen LogP contribution is 1.97. The van der Waals surface area contributed by atoms with E-state index in [9.17, 15) is 28.8 Å². The van der Waals surface area contributed by atoms with Crippen LogP contribution < -0.4 is 27.4 Å². The molecule has 0 aromatic heterocycles. The Kier molecular flexibility index (Phi) is 17.0. The van der Waals surface area contributed by atoms with Gasteiger partial charge in [0.1, 0.15) is 25.2 Å². The molecule has 0 rings (SSSR count). The summed E-state index contributed by atoms with van der Waals surface area (Å²) >= 11 is 7.64. The molecular formula is C15H27N5O9S2. The van der Waals surface area contributed by atoms with Crippen molar-refractivity contribution in [1.82, 2.24) is 16.0 Å². The summed E-state index contributed by atoms with van der Waals surface area (Å²) in [4.78, 5) is 64.4. The fraction of sp³-hybridized carbons (Fsp3) is 0.600. The second kappa shape index (κ2) is 17.2. The van der Waals surface area contributed by atoms with Gasteiger partial charge in [0.15, 0.2) is 0 Å². The van der Waals surface area contributed by atoms with Crippen molar-refractivity contribution in [2.24, 2.45) is 11.5 Å². The van der Waals surface area contributed by atoms with Gasteiger partial charge in [-0.2, -0.15) is 25.3 Å². The van der Waals surface area contributed by atoms with Crippen LogP contribution in [0.25, 0.3) is 0 Å². The number of aliphatic carboxylic acids is 3. The largest absolute Gasteiger partial charge is 0.480 e. The van der Waals surface area contributed by atoms with E-state index < -0.39 is 66.8 Å². The molecule has 16 heteroatoms. The first-order valence-electron chi connectivity index (χ1n) is 8.59. The van der Waals surface area contributed by atoms with E-state index in [1.165, 1.54) is 0 Å². The van der Waals surface area contributed by atoms with Gasteiger partial charge in [-0.3, -0.25) is 28.8 Å². The third kappa shape index (κ3) is 16.9. The molecule has 0 bridgehead atoms. The number of amides is 3. The van der Waals surface area contributed by atoms with Crippen molar-refractivity contribution in [2.75, 3.05) is 24.6 Å². The molecule has 14 nitrogen and oxygen atoms in total. The summed E-state index contributed by atoms with van der Waals surface area (Å²) in [5.41, 5.74) is 10.5. The first-order valence-corrected chi connectivity index (χ1v) is 9.86. The first kappa shape index (κ1) is 30.6. The number of carboxylic acid groups (broad SMARTS) is 3. The van der Waals surface area contributed by atoms with Gasteiger partial charge in [0.25, 0.3) is 0 Å². The van der Waals surface area contributed by atoms with Gasteiger partial charge in [-0.25, -0.2) is 0 Å². The molecule has 0 aliphatic rings. The van der Waals surface area contributed by atoms with E-state index >= 15 is 0 Å². The van der Waals surface area contributed by atoms with E-state index in [0.717, 1.165) is 0 Å². The quantitative estimate of drug-likeness (QED) is 0.113. The minimum absolute atomic E-state index is 0.0256. The van der Waals surface area contributed by atoms with Crippen LogP contribution in [0.5, 0.6) is 0 Å². The van der Waals surface area contributed by atoms with Crippen molar-refractivity contribution in [3.05, 3.63) is 0 Å². The number of nitrogens with one attached hydrogen (secondary N) is 3. The summed E-state index contributed by atoms with van der Waals surface area (Å²) in [6.45, 7) is -0.969. The minimum atomic E-state index is -1.22. The minimum Gasteiger partial charge on any atom is -0.480 e. The van der Waals surface area contributed by atoms with Crippen molar-refractivity contribution in [3.63, 3.8) is 0 Å². The van der Waals surface area contributed by atoms with Crippen LogP contribution in [0.15, 0.2) is 0 Å². The Morgan fingerprint density at radius 2 is 1.26 bits per heavy atom. The number of carboxylic acids is 3. The number of hydrogen-bond donors (Lipinski definition) is 10. The molecule has 0 radical (unpaired) electrons. The van der Waals surface area contributed by atoms with Gasteiger partial charge in [0.05, 0.1) is 6.04 Å². The van der Waals surface area contributed by atoms with E-state index in [0.29, 0.717) is 0 Å². The number of thiol groups is 2. The molecule has 0 aromatic carbocycles. The Bertz CT molecular complexity index is 650. The van der Waals surface area contributed by atoms with E-state index in [2.05, 4.69) is 41.2 Å². The number of nitrogens with two attached hydrogens (primary N) is 2. The molecule has 3 atom stereocenters. The summed E-state index contributed by atoms with van der Waals surface area (Å²) in [7, 11) is 0. The van der Waals surface area contributed by atoms with E-state index in [1.54, 1.807) is 0 Å². The van der Waals surface area contributed by atoms with Crippen LogP contribution in [-0.2, 0) is 28.8 Å². The summed E-state index contributed by atoms with van der Waals surface area (Å²) in [5, 5.41) is 31.6. The Balaban J connectivity index is 0. The predicted molar refractivity (Wildman–Crippen MR) is 114 cm³/mol. The van der Waals surface area contributed by atoms with E-state index in [-0.39, 0.29) is 24.3 Å². The maximum absolute atomic E-state index is 11.5. The van der Waals surface area contributed by atoms with E-state index in [1.807, 2.05) is 0 Å². The zero-order valence-corrected chi connectivity index (χ0v) is 18.1. The zero-order valence-electron chi connectivity index (χ0n) is 16.3. The van der Waals surface area contributed by atoms with Gasteiger partial charge in [-0.1, -0.05) is 0 Å². The third-order valence-corrected chi connectivity index (χ3v) is 3.95. The molecule has 0 aliphatic carbocycles. The molecule has 31 heavy (non-hydrogen) atoms.